The lowest BCUT2D eigenvalue weighted by Gasteiger charge is -2.32. The van der Waals surface area contributed by atoms with Crippen molar-refractivity contribution in [2.75, 3.05) is 30.4 Å². The van der Waals surface area contributed by atoms with Gasteiger partial charge in [-0.05, 0) is 79.8 Å². The van der Waals surface area contributed by atoms with E-state index in [1.807, 2.05) is 49.9 Å². The zero-order valence-corrected chi connectivity index (χ0v) is 24.2. The SMILES string of the molecule is Cc1cc(C#N)cc(C)c1Oc1nc(NC2CCN(Cc3ccc(S(C)(=O)=O)cc3)CC2)nc2c1CSCC2. The molecule has 1 fully saturated rings. The minimum Gasteiger partial charge on any atom is -0.438 e. The molecule has 1 aromatic heterocycles. The molecule has 0 unspecified atom stereocenters. The maximum absolute atomic E-state index is 11.7. The molecule has 8 nitrogen and oxygen atoms in total. The molecule has 0 atom stereocenters. The lowest BCUT2D eigenvalue weighted by Crippen LogP contribution is -2.39. The molecular formula is C29H33N5O3S2. The number of rotatable bonds is 7. The van der Waals surface area contributed by atoms with Crippen molar-refractivity contribution >= 4 is 27.5 Å². The van der Waals surface area contributed by atoms with Crippen molar-refractivity contribution < 1.29 is 13.2 Å². The molecule has 0 spiro atoms. The molecule has 1 N–H and O–H groups in total. The van der Waals surface area contributed by atoms with Crippen molar-refractivity contribution in [3.8, 4) is 17.7 Å². The zero-order valence-electron chi connectivity index (χ0n) is 22.5. The lowest BCUT2D eigenvalue weighted by atomic mass is 10.0. The van der Waals surface area contributed by atoms with E-state index in [2.05, 4.69) is 16.3 Å². The summed E-state index contributed by atoms with van der Waals surface area (Å²) in [4.78, 5) is 12.4. The Hall–Kier alpha value is -3.13. The van der Waals surface area contributed by atoms with Crippen LogP contribution in [0.15, 0.2) is 41.3 Å². The van der Waals surface area contributed by atoms with Crippen molar-refractivity contribution in [1.82, 2.24) is 14.9 Å². The Labute approximate surface area is 234 Å². The van der Waals surface area contributed by atoms with Crippen molar-refractivity contribution in [2.24, 2.45) is 0 Å². The summed E-state index contributed by atoms with van der Waals surface area (Å²) in [6.45, 7) is 6.57. The Morgan fingerprint density at radius 2 is 1.82 bits per heavy atom. The second-order valence-corrected chi connectivity index (χ2v) is 13.5. The van der Waals surface area contributed by atoms with Gasteiger partial charge in [-0.1, -0.05) is 12.1 Å². The molecule has 10 heteroatoms. The topological polar surface area (TPSA) is 108 Å². The minimum atomic E-state index is -3.18. The molecule has 2 aromatic carbocycles. The summed E-state index contributed by atoms with van der Waals surface area (Å²) in [5, 5.41) is 12.9. The van der Waals surface area contributed by atoms with Crippen LogP contribution in [0.2, 0.25) is 0 Å². The Morgan fingerprint density at radius 3 is 2.46 bits per heavy atom. The van der Waals surface area contributed by atoms with Gasteiger partial charge in [-0.3, -0.25) is 4.90 Å². The molecule has 3 heterocycles. The first-order valence-electron chi connectivity index (χ1n) is 13.1. The number of nitriles is 1. The molecule has 39 heavy (non-hydrogen) atoms. The summed E-state index contributed by atoms with van der Waals surface area (Å²) >= 11 is 1.86. The number of sulfone groups is 1. The van der Waals surface area contributed by atoms with Crippen LogP contribution in [-0.2, 0) is 28.6 Å². The summed E-state index contributed by atoms with van der Waals surface area (Å²) in [7, 11) is -3.18. The highest BCUT2D eigenvalue weighted by Gasteiger charge is 2.24. The average Bonchev–Trinajstić information content (AvgIpc) is 2.91. The van der Waals surface area contributed by atoms with Gasteiger partial charge in [0.15, 0.2) is 9.84 Å². The lowest BCUT2D eigenvalue weighted by molar-refractivity contribution is 0.211. The van der Waals surface area contributed by atoms with Crippen LogP contribution in [0.25, 0.3) is 0 Å². The number of hydrogen-bond acceptors (Lipinski definition) is 9. The van der Waals surface area contributed by atoms with Gasteiger partial charge in [0.1, 0.15) is 5.75 Å². The monoisotopic (exact) mass is 563 g/mol. The van der Waals surface area contributed by atoms with E-state index in [0.717, 1.165) is 84.1 Å². The first kappa shape index (κ1) is 27.4. The number of benzene rings is 2. The number of anilines is 1. The quantitative estimate of drug-likeness (QED) is 0.423. The van der Waals surface area contributed by atoms with Crippen LogP contribution in [0.5, 0.6) is 11.6 Å². The number of aromatic nitrogens is 2. The highest BCUT2D eigenvalue weighted by Crippen LogP contribution is 2.36. The highest BCUT2D eigenvalue weighted by molar-refractivity contribution is 7.98. The Bertz CT molecular complexity index is 1490. The molecule has 5 rings (SSSR count). The molecule has 0 radical (unpaired) electrons. The first-order chi connectivity index (χ1) is 18.7. The number of fused-ring (bicyclic) bond motifs is 1. The van der Waals surface area contributed by atoms with Gasteiger partial charge in [0.2, 0.25) is 11.8 Å². The average molecular weight is 564 g/mol. The van der Waals surface area contributed by atoms with Crippen LogP contribution >= 0.6 is 11.8 Å². The summed E-state index contributed by atoms with van der Waals surface area (Å²) in [6, 6.07) is 13.3. The van der Waals surface area contributed by atoms with Crippen molar-refractivity contribution in [3.05, 3.63) is 69.9 Å². The zero-order chi connectivity index (χ0) is 27.6. The van der Waals surface area contributed by atoms with E-state index in [-0.39, 0.29) is 6.04 Å². The fraction of sp³-hybridized carbons (Fsp3) is 0.414. The summed E-state index contributed by atoms with van der Waals surface area (Å²) in [6.07, 6.45) is 4.04. The largest absolute Gasteiger partial charge is 0.438 e. The summed E-state index contributed by atoms with van der Waals surface area (Å²) < 4.78 is 29.9. The van der Waals surface area contributed by atoms with Crippen molar-refractivity contribution in [1.29, 1.82) is 5.26 Å². The van der Waals surface area contributed by atoms with Crippen LogP contribution in [0.1, 0.15) is 46.4 Å². The number of nitrogens with one attached hydrogen (secondary N) is 1. The van der Waals surface area contributed by atoms with Crippen LogP contribution in [0.3, 0.4) is 0 Å². The van der Waals surface area contributed by atoms with E-state index in [0.29, 0.717) is 22.3 Å². The van der Waals surface area contributed by atoms with Crippen LogP contribution in [0.4, 0.5) is 5.95 Å². The first-order valence-corrected chi connectivity index (χ1v) is 16.2. The molecule has 204 valence electrons. The van der Waals surface area contributed by atoms with Crippen molar-refractivity contribution in [2.45, 2.75) is 56.3 Å². The van der Waals surface area contributed by atoms with E-state index >= 15 is 0 Å². The second kappa shape index (κ2) is 11.5. The third-order valence-corrected chi connectivity index (χ3v) is 9.37. The molecule has 3 aromatic rings. The number of hydrogen-bond donors (Lipinski definition) is 1. The third kappa shape index (κ3) is 6.55. The number of likely N-dealkylation sites (tertiary alicyclic amines) is 1. The predicted octanol–water partition coefficient (Wildman–Crippen LogP) is 5.03. The van der Waals surface area contributed by atoms with Crippen molar-refractivity contribution in [3.63, 3.8) is 0 Å². The van der Waals surface area contributed by atoms with Gasteiger partial charge in [-0.25, -0.2) is 13.4 Å². The van der Waals surface area contributed by atoms with E-state index in [1.165, 1.54) is 6.26 Å². The predicted molar refractivity (Wildman–Crippen MR) is 154 cm³/mol. The minimum absolute atomic E-state index is 0.260. The molecule has 0 bridgehead atoms. The fourth-order valence-electron chi connectivity index (χ4n) is 5.14. The van der Waals surface area contributed by atoms with Gasteiger partial charge in [0.05, 0.1) is 22.2 Å². The van der Waals surface area contributed by atoms with E-state index < -0.39 is 9.84 Å². The standard InChI is InChI=1S/C29H33N5O3S2/c1-19-14-22(16-30)15-20(2)27(19)37-28-25-18-38-13-10-26(25)32-29(33-28)31-23-8-11-34(12-9-23)17-21-4-6-24(7-5-21)39(3,35)36/h4-7,14-15,23H,8-13,17-18H2,1-3H3,(H,31,32,33). The smallest absolute Gasteiger partial charge is 0.228 e. The number of nitrogens with zero attached hydrogens (tertiary/aromatic N) is 4. The molecule has 0 amide bonds. The van der Waals surface area contributed by atoms with Crippen LogP contribution < -0.4 is 10.1 Å². The fourth-order valence-corrected chi connectivity index (χ4v) is 6.75. The molecule has 2 aliphatic heterocycles. The van der Waals surface area contributed by atoms with E-state index in [4.69, 9.17) is 14.7 Å². The second-order valence-electron chi connectivity index (χ2n) is 10.3. The Balaban J connectivity index is 1.26. The summed E-state index contributed by atoms with van der Waals surface area (Å²) in [5.74, 6) is 3.80. The number of aryl methyl sites for hydroxylation is 3. The Kier molecular flexibility index (Phi) is 8.12. The molecule has 1 saturated heterocycles. The molecular weight excluding hydrogens is 530 g/mol. The highest BCUT2D eigenvalue weighted by atomic mass is 32.2. The van der Waals surface area contributed by atoms with Gasteiger partial charge < -0.3 is 10.1 Å². The number of piperidine rings is 1. The van der Waals surface area contributed by atoms with Gasteiger partial charge in [-0.2, -0.15) is 22.0 Å². The maximum Gasteiger partial charge on any atom is 0.228 e. The van der Waals surface area contributed by atoms with Gasteiger partial charge in [0, 0.05) is 43.2 Å². The Morgan fingerprint density at radius 1 is 1.13 bits per heavy atom. The maximum atomic E-state index is 11.7. The van der Waals surface area contributed by atoms with E-state index in [9.17, 15) is 13.7 Å². The molecule has 0 aliphatic carbocycles. The molecule has 0 saturated carbocycles. The normalized spacial score (nSPS) is 16.4. The van der Waals surface area contributed by atoms with Gasteiger partial charge in [0.25, 0.3) is 0 Å². The van der Waals surface area contributed by atoms with Gasteiger partial charge in [-0.15, -0.1) is 0 Å². The van der Waals surface area contributed by atoms with Crippen LogP contribution in [0, 0.1) is 25.2 Å². The molecule has 2 aliphatic rings. The summed E-state index contributed by atoms with van der Waals surface area (Å²) in [5.41, 5.74) is 5.65. The number of ether oxygens (including phenoxy) is 1. The third-order valence-electron chi connectivity index (χ3n) is 7.25. The van der Waals surface area contributed by atoms with Gasteiger partial charge >= 0.3 is 0 Å². The van der Waals surface area contributed by atoms with Crippen LogP contribution in [-0.4, -0.2) is 54.4 Å². The number of thioether (sulfide) groups is 1. The van der Waals surface area contributed by atoms with E-state index in [1.54, 1.807) is 12.1 Å².